The molecule has 0 aliphatic carbocycles. The standard InChI is InChI=1S/C22H25Cl3N2O/c1-15(2)26-11-9-19(10-12-26)27(18-6-4-17(23)5-7-18)22(28)14-16-3-8-20(24)21(25)13-16/h3-8,13,15,19H,9-12,14H2,1-2H3. The highest BCUT2D eigenvalue weighted by Gasteiger charge is 2.30. The maximum Gasteiger partial charge on any atom is 0.231 e. The Hall–Kier alpha value is -1.26. The molecule has 150 valence electrons. The predicted molar refractivity (Wildman–Crippen MR) is 119 cm³/mol. The Morgan fingerprint density at radius 1 is 1.04 bits per heavy atom. The van der Waals surface area contributed by atoms with Crippen LogP contribution < -0.4 is 4.90 Å². The van der Waals surface area contributed by atoms with Crippen molar-refractivity contribution in [1.29, 1.82) is 0 Å². The van der Waals surface area contributed by atoms with Crippen LogP contribution in [0, 0.1) is 0 Å². The summed E-state index contributed by atoms with van der Waals surface area (Å²) in [7, 11) is 0. The van der Waals surface area contributed by atoms with Crippen LogP contribution in [0.15, 0.2) is 42.5 Å². The average Bonchev–Trinajstić information content (AvgIpc) is 2.67. The number of rotatable bonds is 5. The number of anilines is 1. The van der Waals surface area contributed by atoms with Gasteiger partial charge in [0.15, 0.2) is 0 Å². The lowest BCUT2D eigenvalue weighted by molar-refractivity contribution is -0.118. The number of piperidine rings is 1. The molecule has 2 aromatic rings. The summed E-state index contributed by atoms with van der Waals surface area (Å²) in [6.45, 7) is 6.42. The van der Waals surface area contributed by atoms with Gasteiger partial charge in [0.25, 0.3) is 0 Å². The number of amides is 1. The van der Waals surface area contributed by atoms with E-state index in [0.717, 1.165) is 37.2 Å². The molecule has 3 rings (SSSR count). The minimum absolute atomic E-state index is 0.0590. The molecule has 6 heteroatoms. The van der Waals surface area contributed by atoms with Crippen molar-refractivity contribution in [2.75, 3.05) is 18.0 Å². The van der Waals surface area contributed by atoms with Crippen LogP contribution in [0.25, 0.3) is 0 Å². The van der Waals surface area contributed by atoms with Crippen molar-refractivity contribution >= 4 is 46.4 Å². The van der Waals surface area contributed by atoms with Crippen LogP contribution in [0.1, 0.15) is 32.3 Å². The summed E-state index contributed by atoms with van der Waals surface area (Å²) in [6, 6.07) is 13.6. The molecule has 1 fully saturated rings. The molecule has 1 aliphatic rings. The average molecular weight is 440 g/mol. The Bertz CT molecular complexity index is 815. The Labute approximate surface area is 182 Å². The molecule has 2 aromatic carbocycles. The third-order valence-corrected chi connectivity index (χ3v) is 6.30. The summed E-state index contributed by atoms with van der Waals surface area (Å²) >= 11 is 18.2. The first-order chi connectivity index (χ1) is 13.3. The molecular weight excluding hydrogens is 415 g/mol. The summed E-state index contributed by atoms with van der Waals surface area (Å²) < 4.78 is 0. The van der Waals surface area contributed by atoms with Crippen LogP contribution in [-0.4, -0.2) is 36.0 Å². The zero-order chi connectivity index (χ0) is 20.3. The minimum atomic E-state index is 0.0590. The third kappa shape index (κ3) is 5.21. The summed E-state index contributed by atoms with van der Waals surface area (Å²) in [5.74, 6) is 0.0590. The van der Waals surface area contributed by atoms with Gasteiger partial charge in [0, 0.05) is 35.9 Å². The SMILES string of the molecule is CC(C)N1CCC(N(C(=O)Cc2ccc(Cl)c(Cl)c2)c2ccc(Cl)cc2)CC1. The van der Waals surface area contributed by atoms with E-state index < -0.39 is 0 Å². The molecule has 0 N–H and O–H groups in total. The fourth-order valence-corrected chi connectivity index (χ4v) is 4.18. The second-order valence-corrected chi connectivity index (χ2v) is 8.78. The van der Waals surface area contributed by atoms with Crippen LogP contribution in [0.4, 0.5) is 5.69 Å². The Morgan fingerprint density at radius 2 is 1.68 bits per heavy atom. The van der Waals surface area contributed by atoms with E-state index in [1.165, 1.54) is 0 Å². The molecule has 1 saturated heterocycles. The van der Waals surface area contributed by atoms with E-state index in [1.807, 2.05) is 35.2 Å². The molecule has 1 heterocycles. The van der Waals surface area contributed by atoms with E-state index in [4.69, 9.17) is 34.8 Å². The van der Waals surface area contributed by atoms with Gasteiger partial charge in [-0.05, 0) is 68.7 Å². The van der Waals surface area contributed by atoms with Crippen molar-refractivity contribution in [2.45, 2.75) is 45.2 Å². The molecule has 0 bridgehead atoms. The number of carbonyl (C=O) groups excluding carboxylic acids is 1. The Morgan fingerprint density at radius 3 is 2.25 bits per heavy atom. The zero-order valence-electron chi connectivity index (χ0n) is 16.2. The highest BCUT2D eigenvalue weighted by molar-refractivity contribution is 6.42. The lowest BCUT2D eigenvalue weighted by atomic mass is 9.99. The zero-order valence-corrected chi connectivity index (χ0v) is 18.4. The fourth-order valence-electron chi connectivity index (χ4n) is 3.73. The predicted octanol–water partition coefficient (Wildman–Crippen LogP) is 6.10. The number of carbonyl (C=O) groups is 1. The van der Waals surface area contributed by atoms with E-state index >= 15 is 0 Å². The van der Waals surface area contributed by atoms with Gasteiger partial charge in [-0.3, -0.25) is 4.79 Å². The van der Waals surface area contributed by atoms with Crippen molar-refractivity contribution < 1.29 is 4.79 Å². The van der Waals surface area contributed by atoms with Crippen molar-refractivity contribution in [3.63, 3.8) is 0 Å². The van der Waals surface area contributed by atoms with Crippen LogP contribution in [0.3, 0.4) is 0 Å². The molecular formula is C22H25Cl3N2O. The third-order valence-electron chi connectivity index (χ3n) is 5.31. The molecule has 0 aromatic heterocycles. The van der Waals surface area contributed by atoms with Gasteiger partial charge < -0.3 is 9.80 Å². The number of hydrogen-bond donors (Lipinski definition) is 0. The summed E-state index contributed by atoms with van der Waals surface area (Å²) in [5, 5.41) is 1.62. The van der Waals surface area contributed by atoms with Crippen LogP contribution in [0.5, 0.6) is 0 Å². The first kappa shape index (κ1) is 21.4. The van der Waals surface area contributed by atoms with Crippen molar-refractivity contribution in [3.8, 4) is 0 Å². The van der Waals surface area contributed by atoms with Gasteiger partial charge in [-0.15, -0.1) is 0 Å². The van der Waals surface area contributed by atoms with E-state index in [2.05, 4.69) is 18.7 Å². The van der Waals surface area contributed by atoms with Crippen LogP contribution in [-0.2, 0) is 11.2 Å². The van der Waals surface area contributed by atoms with Gasteiger partial charge in [-0.1, -0.05) is 40.9 Å². The fraction of sp³-hybridized carbons (Fsp3) is 0.409. The van der Waals surface area contributed by atoms with Crippen molar-refractivity contribution in [2.24, 2.45) is 0 Å². The first-order valence-corrected chi connectivity index (χ1v) is 10.7. The number of nitrogens with zero attached hydrogens (tertiary/aromatic N) is 2. The lowest BCUT2D eigenvalue weighted by Gasteiger charge is -2.40. The molecule has 3 nitrogen and oxygen atoms in total. The van der Waals surface area contributed by atoms with Gasteiger partial charge in [0.05, 0.1) is 16.5 Å². The van der Waals surface area contributed by atoms with E-state index in [0.29, 0.717) is 21.1 Å². The number of hydrogen-bond acceptors (Lipinski definition) is 2. The topological polar surface area (TPSA) is 23.6 Å². The second kappa shape index (κ2) is 9.49. The first-order valence-electron chi connectivity index (χ1n) is 9.60. The van der Waals surface area contributed by atoms with Crippen LogP contribution in [0.2, 0.25) is 15.1 Å². The highest BCUT2D eigenvalue weighted by atomic mass is 35.5. The number of benzene rings is 2. The van der Waals surface area contributed by atoms with Gasteiger partial charge in [0.1, 0.15) is 0 Å². The second-order valence-electron chi connectivity index (χ2n) is 7.53. The largest absolute Gasteiger partial charge is 0.309 e. The normalized spacial score (nSPS) is 15.8. The van der Waals surface area contributed by atoms with Crippen LogP contribution >= 0.6 is 34.8 Å². The molecule has 0 saturated carbocycles. The maximum absolute atomic E-state index is 13.3. The Kier molecular flexibility index (Phi) is 7.27. The summed E-state index contributed by atoms with van der Waals surface area (Å²) in [4.78, 5) is 17.7. The van der Waals surface area contributed by atoms with E-state index in [1.54, 1.807) is 12.1 Å². The minimum Gasteiger partial charge on any atom is -0.309 e. The van der Waals surface area contributed by atoms with Gasteiger partial charge in [0.2, 0.25) is 5.91 Å². The lowest BCUT2D eigenvalue weighted by Crippen LogP contribution is -2.49. The number of halogens is 3. The van der Waals surface area contributed by atoms with Gasteiger partial charge >= 0.3 is 0 Å². The monoisotopic (exact) mass is 438 g/mol. The molecule has 0 spiro atoms. The molecule has 1 amide bonds. The molecule has 0 unspecified atom stereocenters. The molecule has 0 atom stereocenters. The van der Waals surface area contributed by atoms with E-state index in [9.17, 15) is 4.79 Å². The van der Waals surface area contributed by atoms with Gasteiger partial charge in [-0.25, -0.2) is 0 Å². The quantitative estimate of drug-likeness (QED) is 0.562. The van der Waals surface area contributed by atoms with E-state index in [-0.39, 0.29) is 18.4 Å². The Balaban J connectivity index is 1.82. The maximum atomic E-state index is 13.3. The van der Waals surface area contributed by atoms with Gasteiger partial charge in [-0.2, -0.15) is 0 Å². The van der Waals surface area contributed by atoms with Crippen molar-refractivity contribution in [3.05, 3.63) is 63.1 Å². The highest BCUT2D eigenvalue weighted by Crippen LogP contribution is 2.28. The molecule has 0 radical (unpaired) electrons. The smallest absolute Gasteiger partial charge is 0.231 e. The molecule has 1 aliphatic heterocycles. The molecule has 28 heavy (non-hydrogen) atoms. The summed E-state index contributed by atoms with van der Waals surface area (Å²) in [6.07, 6.45) is 2.19. The summed E-state index contributed by atoms with van der Waals surface area (Å²) in [5.41, 5.74) is 1.75. The number of likely N-dealkylation sites (tertiary alicyclic amines) is 1. The van der Waals surface area contributed by atoms with Crippen molar-refractivity contribution in [1.82, 2.24) is 4.90 Å².